The van der Waals surface area contributed by atoms with Gasteiger partial charge in [0.05, 0.1) is 10.7 Å². The lowest BCUT2D eigenvalue weighted by molar-refractivity contribution is 1.21. The summed E-state index contributed by atoms with van der Waals surface area (Å²) in [6.45, 7) is 10.8. The van der Waals surface area contributed by atoms with Gasteiger partial charge in [0.15, 0.2) is 0 Å². The van der Waals surface area contributed by atoms with Gasteiger partial charge in [0.25, 0.3) is 0 Å². The van der Waals surface area contributed by atoms with Gasteiger partial charge in [-0.25, -0.2) is 4.98 Å². The minimum absolute atomic E-state index is 1.13. The van der Waals surface area contributed by atoms with Crippen molar-refractivity contribution in [2.75, 3.05) is 0 Å². The number of benzene rings is 1. The van der Waals surface area contributed by atoms with Crippen molar-refractivity contribution in [2.45, 2.75) is 34.6 Å². The van der Waals surface area contributed by atoms with Gasteiger partial charge in [0, 0.05) is 10.9 Å². The molecule has 0 aliphatic rings. The molecule has 0 radical (unpaired) electrons. The third kappa shape index (κ3) is 1.78. The standard InChI is InChI=1S/C14H17NS/c1-8-6-9(2)11(4)14(10(8)3)13-7-16-12(5)15-13/h6-7H,1-5H3. The molecule has 1 nitrogen and oxygen atoms in total. The van der Waals surface area contributed by atoms with Crippen LogP contribution in [0, 0.1) is 34.6 Å². The van der Waals surface area contributed by atoms with Gasteiger partial charge >= 0.3 is 0 Å². The summed E-state index contributed by atoms with van der Waals surface area (Å²) in [5.74, 6) is 0. The Balaban J connectivity index is 2.73. The van der Waals surface area contributed by atoms with Crippen LogP contribution >= 0.6 is 11.3 Å². The van der Waals surface area contributed by atoms with E-state index in [1.165, 1.54) is 27.8 Å². The Morgan fingerprint density at radius 1 is 0.938 bits per heavy atom. The van der Waals surface area contributed by atoms with Crippen LogP contribution in [0.4, 0.5) is 0 Å². The zero-order chi connectivity index (χ0) is 11.9. The maximum Gasteiger partial charge on any atom is 0.0901 e. The van der Waals surface area contributed by atoms with E-state index in [1.807, 2.05) is 0 Å². The quantitative estimate of drug-likeness (QED) is 0.711. The topological polar surface area (TPSA) is 12.9 Å². The van der Waals surface area contributed by atoms with Gasteiger partial charge in [0.1, 0.15) is 0 Å². The van der Waals surface area contributed by atoms with Crippen molar-refractivity contribution in [3.63, 3.8) is 0 Å². The maximum atomic E-state index is 4.60. The molecule has 84 valence electrons. The summed E-state index contributed by atoms with van der Waals surface area (Å²) in [7, 11) is 0. The zero-order valence-electron chi connectivity index (χ0n) is 10.5. The lowest BCUT2D eigenvalue weighted by Gasteiger charge is -2.13. The highest BCUT2D eigenvalue weighted by Crippen LogP contribution is 2.31. The molecule has 2 heteroatoms. The number of hydrogen-bond donors (Lipinski definition) is 0. The van der Waals surface area contributed by atoms with Crippen LogP contribution < -0.4 is 0 Å². The predicted molar refractivity (Wildman–Crippen MR) is 71.2 cm³/mol. The van der Waals surface area contributed by atoms with E-state index >= 15 is 0 Å². The Labute approximate surface area is 101 Å². The minimum Gasteiger partial charge on any atom is -0.242 e. The van der Waals surface area contributed by atoms with Crippen LogP contribution in [0.1, 0.15) is 27.3 Å². The number of hydrogen-bond acceptors (Lipinski definition) is 2. The Bertz CT molecular complexity index is 512. The Kier molecular flexibility index (Phi) is 2.85. The van der Waals surface area contributed by atoms with Crippen LogP contribution in [0.25, 0.3) is 11.3 Å². The highest BCUT2D eigenvalue weighted by atomic mass is 32.1. The molecule has 0 atom stereocenters. The monoisotopic (exact) mass is 231 g/mol. The van der Waals surface area contributed by atoms with Crippen molar-refractivity contribution < 1.29 is 0 Å². The van der Waals surface area contributed by atoms with Gasteiger partial charge in [-0.3, -0.25) is 0 Å². The third-order valence-corrected chi connectivity index (χ3v) is 4.01. The number of aromatic nitrogens is 1. The van der Waals surface area contributed by atoms with E-state index in [-0.39, 0.29) is 0 Å². The van der Waals surface area contributed by atoms with Gasteiger partial charge in [-0.2, -0.15) is 0 Å². The fourth-order valence-electron chi connectivity index (χ4n) is 2.08. The molecule has 1 aromatic heterocycles. The second kappa shape index (κ2) is 4.02. The molecular formula is C14H17NS. The SMILES string of the molecule is Cc1nc(-c2c(C)c(C)cc(C)c2C)cs1. The molecule has 2 aromatic rings. The summed E-state index contributed by atoms with van der Waals surface area (Å²) in [6, 6.07) is 2.26. The van der Waals surface area contributed by atoms with E-state index in [9.17, 15) is 0 Å². The Morgan fingerprint density at radius 3 is 1.94 bits per heavy atom. The molecule has 0 fully saturated rings. The van der Waals surface area contributed by atoms with Gasteiger partial charge in [-0.1, -0.05) is 6.07 Å². The summed E-state index contributed by atoms with van der Waals surface area (Å²) in [4.78, 5) is 4.60. The van der Waals surface area contributed by atoms with Crippen LogP contribution in [-0.2, 0) is 0 Å². The number of aryl methyl sites for hydroxylation is 3. The largest absolute Gasteiger partial charge is 0.242 e. The average Bonchev–Trinajstić information content (AvgIpc) is 2.62. The maximum absolute atomic E-state index is 4.60. The third-order valence-electron chi connectivity index (χ3n) is 3.24. The molecular weight excluding hydrogens is 214 g/mol. The van der Waals surface area contributed by atoms with E-state index in [4.69, 9.17) is 0 Å². The van der Waals surface area contributed by atoms with Gasteiger partial charge in [-0.05, 0) is 56.9 Å². The van der Waals surface area contributed by atoms with Crippen LogP contribution in [-0.4, -0.2) is 4.98 Å². The number of nitrogens with zero attached hydrogens (tertiary/aromatic N) is 1. The molecule has 0 N–H and O–H groups in total. The molecule has 0 amide bonds. The molecule has 0 aliphatic heterocycles. The molecule has 1 heterocycles. The van der Waals surface area contributed by atoms with Gasteiger partial charge in [-0.15, -0.1) is 11.3 Å². The zero-order valence-corrected chi connectivity index (χ0v) is 11.3. The van der Waals surface area contributed by atoms with Crippen molar-refractivity contribution >= 4 is 11.3 Å². The lowest BCUT2D eigenvalue weighted by Crippen LogP contribution is -1.95. The van der Waals surface area contributed by atoms with Crippen LogP contribution in [0.5, 0.6) is 0 Å². The Morgan fingerprint density at radius 2 is 1.50 bits per heavy atom. The fourth-order valence-corrected chi connectivity index (χ4v) is 2.68. The number of thiazole rings is 1. The van der Waals surface area contributed by atoms with E-state index in [0.29, 0.717) is 0 Å². The summed E-state index contributed by atoms with van der Waals surface area (Å²) in [6.07, 6.45) is 0. The van der Waals surface area contributed by atoms with Crippen molar-refractivity contribution in [3.8, 4) is 11.3 Å². The molecule has 1 aromatic carbocycles. The predicted octanol–water partition coefficient (Wildman–Crippen LogP) is 4.35. The molecule has 0 bridgehead atoms. The first-order valence-electron chi connectivity index (χ1n) is 5.50. The second-order valence-corrected chi connectivity index (χ2v) is 5.45. The normalized spacial score (nSPS) is 10.8. The molecule has 0 saturated carbocycles. The molecule has 0 aliphatic carbocycles. The summed E-state index contributed by atoms with van der Waals surface area (Å²) >= 11 is 1.72. The van der Waals surface area contributed by atoms with Crippen molar-refractivity contribution in [1.29, 1.82) is 0 Å². The molecule has 0 unspecified atom stereocenters. The summed E-state index contributed by atoms with van der Waals surface area (Å²) < 4.78 is 0. The fraction of sp³-hybridized carbons (Fsp3) is 0.357. The molecule has 2 rings (SSSR count). The molecule has 16 heavy (non-hydrogen) atoms. The first-order valence-corrected chi connectivity index (χ1v) is 6.38. The summed E-state index contributed by atoms with van der Waals surface area (Å²) in [5, 5.41) is 3.29. The van der Waals surface area contributed by atoms with Crippen LogP contribution in [0.2, 0.25) is 0 Å². The highest BCUT2D eigenvalue weighted by Gasteiger charge is 2.12. The van der Waals surface area contributed by atoms with Gasteiger partial charge < -0.3 is 0 Å². The highest BCUT2D eigenvalue weighted by molar-refractivity contribution is 7.09. The Hall–Kier alpha value is -1.15. The van der Waals surface area contributed by atoms with Crippen molar-refractivity contribution in [3.05, 3.63) is 38.7 Å². The van der Waals surface area contributed by atoms with Crippen molar-refractivity contribution in [2.24, 2.45) is 0 Å². The smallest absolute Gasteiger partial charge is 0.0901 e. The van der Waals surface area contributed by atoms with E-state index < -0.39 is 0 Å². The van der Waals surface area contributed by atoms with E-state index in [1.54, 1.807) is 11.3 Å². The second-order valence-electron chi connectivity index (χ2n) is 4.39. The summed E-state index contributed by atoms with van der Waals surface area (Å²) in [5.41, 5.74) is 7.86. The van der Waals surface area contributed by atoms with Crippen LogP contribution in [0.15, 0.2) is 11.4 Å². The average molecular weight is 231 g/mol. The first kappa shape index (κ1) is 11.3. The number of rotatable bonds is 1. The molecule has 0 saturated heterocycles. The van der Waals surface area contributed by atoms with Crippen molar-refractivity contribution in [1.82, 2.24) is 4.98 Å². The molecule has 0 spiro atoms. The first-order chi connectivity index (χ1) is 7.50. The van der Waals surface area contributed by atoms with E-state index in [2.05, 4.69) is 51.0 Å². The van der Waals surface area contributed by atoms with Gasteiger partial charge in [0.2, 0.25) is 0 Å². The van der Waals surface area contributed by atoms with Crippen LogP contribution in [0.3, 0.4) is 0 Å². The van der Waals surface area contributed by atoms with E-state index in [0.717, 1.165) is 10.7 Å². The lowest BCUT2D eigenvalue weighted by atomic mass is 9.93. The minimum atomic E-state index is 1.13.